The first-order chi connectivity index (χ1) is 14.1. The minimum Gasteiger partial charge on any atom is -0.369 e. The molecule has 0 atom stereocenters. The van der Waals surface area contributed by atoms with Gasteiger partial charge in [0.05, 0.1) is 9.60 Å². The van der Waals surface area contributed by atoms with E-state index in [9.17, 15) is 21.6 Å². The Labute approximate surface area is 184 Å². The minimum absolute atomic E-state index is 0.0626. The van der Waals surface area contributed by atoms with Crippen LogP contribution >= 0.6 is 25.3 Å². The summed E-state index contributed by atoms with van der Waals surface area (Å²) in [5, 5.41) is 0. The van der Waals surface area contributed by atoms with Gasteiger partial charge in [0.15, 0.2) is 0 Å². The molecule has 0 aromatic heterocycles. The zero-order valence-electron chi connectivity index (χ0n) is 15.7. The van der Waals surface area contributed by atoms with Gasteiger partial charge in [-0.25, -0.2) is 8.42 Å². The Kier molecular flexibility index (Phi) is 6.97. The lowest BCUT2D eigenvalue weighted by atomic mass is 10.1. The molecule has 0 saturated carbocycles. The molecule has 1 aliphatic heterocycles. The highest BCUT2D eigenvalue weighted by molar-refractivity contribution is 7.99. The van der Waals surface area contributed by atoms with Crippen molar-refractivity contribution in [2.45, 2.75) is 15.1 Å². The summed E-state index contributed by atoms with van der Waals surface area (Å²) in [6.45, 7) is 3.49. The molecule has 2 aromatic rings. The zero-order chi connectivity index (χ0) is 21.9. The van der Waals surface area contributed by atoms with E-state index in [0.717, 1.165) is 49.6 Å². The third kappa shape index (κ3) is 5.27. The predicted molar refractivity (Wildman–Crippen MR) is 118 cm³/mol. The predicted octanol–water partition coefficient (Wildman–Crippen LogP) is 3.65. The molecule has 1 saturated heterocycles. The van der Waals surface area contributed by atoms with E-state index in [4.69, 9.17) is 0 Å². The van der Waals surface area contributed by atoms with Crippen LogP contribution < -0.4 is 4.90 Å². The number of sulfone groups is 1. The zero-order valence-corrected chi connectivity index (χ0v) is 18.3. The first-order valence-electron chi connectivity index (χ1n) is 8.96. The van der Waals surface area contributed by atoms with Gasteiger partial charge in [-0.1, -0.05) is 11.8 Å². The number of nitrogens with zero attached hydrogens (tertiary/aromatic N) is 2. The molecule has 0 spiro atoms. The maximum Gasteiger partial charge on any atom is 0.501 e. The van der Waals surface area contributed by atoms with Gasteiger partial charge in [-0.15, -0.1) is 25.3 Å². The molecule has 30 heavy (non-hydrogen) atoms. The number of piperazine rings is 1. The van der Waals surface area contributed by atoms with E-state index in [1.54, 1.807) is 0 Å². The normalized spacial score (nSPS) is 15.7. The van der Waals surface area contributed by atoms with Gasteiger partial charge in [0, 0.05) is 43.0 Å². The van der Waals surface area contributed by atoms with Crippen molar-refractivity contribution in [2.24, 2.45) is 0 Å². The lowest BCUT2D eigenvalue weighted by Gasteiger charge is -2.37. The third-order valence-electron chi connectivity index (χ3n) is 4.69. The SMILES string of the molecule is O=S(=O)(c1ccc(C#Cc2ccc(N3CCN(C(S)S)CC3)cc2)cc1)C(F)(F)F. The first-order valence-corrected chi connectivity index (χ1v) is 11.5. The molecular weight excluding hydrogens is 453 g/mol. The smallest absolute Gasteiger partial charge is 0.369 e. The quantitative estimate of drug-likeness (QED) is 0.407. The average molecular weight is 473 g/mol. The molecule has 0 radical (unpaired) electrons. The number of thiol groups is 2. The van der Waals surface area contributed by atoms with Crippen LogP contribution in [-0.2, 0) is 9.84 Å². The van der Waals surface area contributed by atoms with Gasteiger partial charge >= 0.3 is 5.51 Å². The fourth-order valence-corrected chi connectivity index (χ4v) is 4.19. The summed E-state index contributed by atoms with van der Waals surface area (Å²) in [5.41, 5.74) is -3.08. The number of benzene rings is 2. The molecule has 0 N–H and O–H groups in total. The number of rotatable bonds is 3. The summed E-state index contributed by atoms with van der Waals surface area (Å²) in [5.74, 6) is 5.77. The summed E-state index contributed by atoms with van der Waals surface area (Å²) < 4.78 is 60.4. The van der Waals surface area contributed by atoms with Crippen LogP contribution in [0.3, 0.4) is 0 Å². The number of hydrogen-bond acceptors (Lipinski definition) is 6. The van der Waals surface area contributed by atoms with E-state index in [2.05, 4.69) is 46.9 Å². The lowest BCUT2D eigenvalue weighted by Crippen LogP contribution is -2.47. The van der Waals surface area contributed by atoms with Crippen molar-refractivity contribution in [2.75, 3.05) is 31.1 Å². The summed E-state index contributed by atoms with van der Waals surface area (Å²) >= 11 is 8.67. The van der Waals surface area contributed by atoms with E-state index in [1.807, 2.05) is 24.3 Å². The Hall–Kier alpha value is -1.80. The second kappa shape index (κ2) is 9.14. The minimum atomic E-state index is -5.35. The van der Waals surface area contributed by atoms with E-state index in [-0.39, 0.29) is 4.71 Å². The maximum atomic E-state index is 12.6. The molecule has 0 amide bonds. The molecule has 1 aliphatic rings. The van der Waals surface area contributed by atoms with Gasteiger partial charge in [-0.05, 0) is 48.5 Å². The fraction of sp³-hybridized carbons (Fsp3) is 0.300. The number of hydrogen-bond donors (Lipinski definition) is 2. The van der Waals surface area contributed by atoms with Gasteiger partial charge in [-0.3, -0.25) is 4.90 Å². The Bertz CT molecular complexity index is 1030. The van der Waals surface area contributed by atoms with E-state index < -0.39 is 20.2 Å². The Morgan fingerprint density at radius 3 is 1.73 bits per heavy atom. The fourth-order valence-electron chi connectivity index (χ4n) is 2.96. The monoisotopic (exact) mass is 472 g/mol. The molecule has 3 rings (SSSR count). The molecule has 4 nitrogen and oxygen atoms in total. The van der Waals surface area contributed by atoms with Crippen molar-refractivity contribution >= 4 is 40.8 Å². The van der Waals surface area contributed by atoms with E-state index >= 15 is 0 Å². The summed E-state index contributed by atoms with van der Waals surface area (Å²) in [6.07, 6.45) is 0. The van der Waals surface area contributed by atoms with Crippen molar-refractivity contribution < 1.29 is 21.6 Å². The highest BCUT2D eigenvalue weighted by Gasteiger charge is 2.46. The van der Waals surface area contributed by atoms with Crippen LogP contribution in [0, 0.1) is 11.8 Å². The highest BCUT2D eigenvalue weighted by atomic mass is 32.2. The Morgan fingerprint density at radius 1 is 0.833 bits per heavy atom. The van der Waals surface area contributed by atoms with E-state index in [1.165, 1.54) is 12.1 Å². The van der Waals surface area contributed by atoms with Crippen molar-refractivity contribution in [3.05, 3.63) is 59.7 Å². The highest BCUT2D eigenvalue weighted by Crippen LogP contribution is 2.30. The van der Waals surface area contributed by atoms with Crippen LogP contribution in [-0.4, -0.2) is 49.7 Å². The van der Waals surface area contributed by atoms with Crippen LogP contribution in [0.5, 0.6) is 0 Å². The third-order valence-corrected chi connectivity index (χ3v) is 6.85. The molecular formula is C20H19F3N2O2S3. The van der Waals surface area contributed by atoms with Crippen LogP contribution in [0.25, 0.3) is 0 Å². The van der Waals surface area contributed by atoms with Crippen LogP contribution in [0.1, 0.15) is 11.1 Å². The number of alkyl halides is 3. The van der Waals surface area contributed by atoms with Gasteiger partial charge in [0.1, 0.15) is 0 Å². The standard InChI is InChI=1S/C20H19F3N2O2S3/c21-20(22,23)30(26,27)18-9-5-16(6-10-18)2-1-15-3-7-17(8-4-15)24-11-13-25(14-12-24)19(28)29/h3-10,19,28-29H,11-14H2. The molecule has 10 heteroatoms. The average Bonchev–Trinajstić information content (AvgIpc) is 2.72. The first kappa shape index (κ1) is 22.9. The molecule has 1 fully saturated rings. The van der Waals surface area contributed by atoms with Crippen LogP contribution in [0.15, 0.2) is 53.4 Å². The van der Waals surface area contributed by atoms with Gasteiger partial charge < -0.3 is 4.90 Å². The Balaban J connectivity index is 1.66. The molecule has 0 aliphatic carbocycles. The van der Waals surface area contributed by atoms with Gasteiger partial charge in [0.25, 0.3) is 9.84 Å². The molecule has 1 heterocycles. The largest absolute Gasteiger partial charge is 0.501 e. The second-order valence-electron chi connectivity index (χ2n) is 6.64. The van der Waals surface area contributed by atoms with Crippen molar-refractivity contribution in [1.29, 1.82) is 0 Å². The van der Waals surface area contributed by atoms with Crippen molar-refractivity contribution in [3.63, 3.8) is 0 Å². The lowest BCUT2D eigenvalue weighted by molar-refractivity contribution is -0.0436. The molecule has 160 valence electrons. The van der Waals surface area contributed by atoms with Gasteiger partial charge in [0.2, 0.25) is 0 Å². The second-order valence-corrected chi connectivity index (χ2v) is 9.97. The molecule has 0 bridgehead atoms. The van der Waals surface area contributed by atoms with Crippen molar-refractivity contribution in [3.8, 4) is 11.8 Å². The van der Waals surface area contributed by atoms with Crippen LogP contribution in [0.2, 0.25) is 0 Å². The molecule has 2 aromatic carbocycles. The summed E-state index contributed by atoms with van der Waals surface area (Å²) in [7, 11) is -5.35. The molecule has 0 unspecified atom stereocenters. The maximum absolute atomic E-state index is 12.6. The number of halogens is 3. The van der Waals surface area contributed by atoms with Gasteiger partial charge in [-0.2, -0.15) is 13.2 Å². The topological polar surface area (TPSA) is 40.6 Å². The van der Waals surface area contributed by atoms with Crippen molar-refractivity contribution in [1.82, 2.24) is 4.90 Å². The van der Waals surface area contributed by atoms with E-state index in [0.29, 0.717) is 5.56 Å². The van der Waals surface area contributed by atoms with Crippen LogP contribution in [0.4, 0.5) is 18.9 Å². The summed E-state index contributed by atoms with van der Waals surface area (Å²) in [4.78, 5) is 3.64. The Morgan fingerprint density at radius 2 is 1.30 bits per heavy atom. The summed E-state index contributed by atoms with van der Waals surface area (Å²) in [6, 6.07) is 12.0. The number of anilines is 1.